The minimum absolute atomic E-state index is 0.454. The Morgan fingerprint density at radius 2 is 1.57 bits per heavy atom. The maximum atomic E-state index is 12.6. The van der Waals surface area contributed by atoms with Crippen LogP contribution in [-0.4, -0.2) is 53.9 Å². The van der Waals surface area contributed by atoms with Crippen LogP contribution in [0.1, 0.15) is 58.4 Å². The molecule has 0 bridgehead atoms. The molecule has 42 heavy (non-hydrogen) atoms. The van der Waals surface area contributed by atoms with E-state index in [9.17, 15) is 4.79 Å². The number of hydrogen-bond acceptors (Lipinski definition) is 6. The molecule has 2 aromatic heterocycles. The van der Waals surface area contributed by atoms with Crippen molar-refractivity contribution in [3.05, 3.63) is 99.5 Å². The summed E-state index contributed by atoms with van der Waals surface area (Å²) in [5, 5.41) is 4.19. The highest BCUT2D eigenvalue weighted by molar-refractivity contribution is 7.08. The van der Waals surface area contributed by atoms with Gasteiger partial charge in [-0.1, -0.05) is 61.4 Å². The van der Waals surface area contributed by atoms with Crippen molar-refractivity contribution < 1.29 is 9.53 Å². The third-order valence-corrected chi connectivity index (χ3v) is 9.78. The van der Waals surface area contributed by atoms with E-state index < -0.39 is 11.5 Å². The zero-order valence-electron chi connectivity index (χ0n) is 24.6. The molecular weight excluding hydrogens is 540 g/mol. The maximum Gasteiger partial charge on any atom is 0.250 e. The van der Waals surface area contributed by atoms with Gasteiger partial charge < -0.3 is 15.4 Å². The number of nitrogens with zero attached hydrogens (tertiary/aromatic N) is 3. The summed E-state index contributed by atoms with van der Waals surface area (Å²) in [6, 6.07) is 19.5. The monoisotopic (exact) mass is 580 g/mol. The number of pyridine rings is 1. The summed E-state index contributed by atoms with van der Waals surface area (Å²) in [7, 11) is 2.19. The highest BCUT2D eigenvalue weighted by Crippen LogP contribution is 2.44. The molecular formula is C35H40N4O2S. The summed E-state index contributed by atoms with van der Waals surface area (Å²) in [6.45, 7) is 8.07. The topological polar surface area (TPSA) is 71.7 Å². The van der Waals surface area contributed by atoms with Crippen molar-refractivity contribution in [1.29, 1.82) is 0 Å². The Morgan fingerprint density at radius 1 is 0.929 bits per heavy atom. The summed E-state index contributed by atoms with van der Waals surface area (Å²) >= 11 is 1.64. The van der Waals surface area contributed by atoms with E-state index in [0.29, 0.717) is 17.9 Å². The fraction of sp³-hybridized carbons (Fsp3) is 0.371. The molecule has 0 radical (unpaired) electrons. The first-order valence-corrected chi connectivity index (χ1v) is 15.9. The number of primary amides is 1. The van der Waals surface area contributed by atoms with E-state index in [1.54, 1.807) is 11.3 Å². The number of benzene rings is 2. The van der Waals surface area contributed by atoms with Gasteiger partial charge in [0.25, 0.3) is 5.91 Å². The van der Waals surface area contributed by atoms with Crippen LogP contribution < -0.4 is 5.73 Å². The second-order valence-electron chi connectivity index (χ2n) is 11.9. The molecule has 2 aliphatic rings. The van der Waals surface area contributed by atoms with E-state index in [2.05, 4.69) is 83.1 Å². The Morgan fingerprint density at radius 3 is 2.17 bits per heavy atom. The van der Waals surface area contributed by atoms with Gasteiger partial charge in [-0.05, 0) is 77.0 Å². The van der Waals surface area contributed by atoms with Crippen molar-refractivity contribution in [3.63, 3.8) is 0 Å². The molecule has 0 spiro atoms. The Balaban J connectivity index is 1.14. The van der Waals surface area contributed by atoms with Crippen LogP contribution in [0.4, 0.5) is 0 Å². The average Bonchev–Trinajstić information content (AvgIpc) is 3.67. The number of amides is 1. The quantitative estimate of drug-likeness (QED) is 0.241. The largest absolute Gasteiger partial charge is 0.366 e. The molecule has 6 rings (SSSR count). The number of piperazine rings is 1. The van der Waals surface area contributed by atoms with E-state index in [-0.39, 0.29) is 0 Å². The second kappa shape index (κ2) is 12.5. The first kappa shape index (κ1) is 28.7. The number of nitrogens with two attached hydrogens (primary N) is 1. The van der Waals surface area contributed by atoms with Crippen LogP contribution in [0.15, 0.2) is 71.6 Å². The van der Waals surface area contributed by atoms with Crippen molar-refractivity contribution in [3.8, 4) is 22.3 Å². The molecule has 1 amide bonds. The number of carbonyl (C=O) groups is 1. The van der Waals surface area contributed by atoms with Gasteiger partial charge in [-0.15, -0.1) is 0 Å². The Kier molecular flexibility index (Phi) is 8.54. The molecule has 7 heteroatoms. The van der Waals surface area contributed by atoms with Gasteiger partial charge in [0.1, 0.15) is 5.60 Å². The van der Waals surface area contributed by atoms with Gasteiger partial charge in [-0.3, -0.25) is 14.7 Å². The van der Waals surface area contributed by atoms with Crippen LogP contribution in [0.2, 0.25) is 0 Å². The average molecular weight is 581 g/mol. The zero-order chi connectivity index (χ0) is 29.1. The Hall–Kier alpha value is -3.36. The lowest BCUT2D eigenvalue weighted by atomic mass is 9.91. The van der Waals surface area contributed by atoms with E-state index in [4.69, 9.17) is 15.5 Å². The van der Waals surface area contributed by atoms with Gasteiger partial charge in [0.05, 0.1) is 17.9 Å². The van der Waals surface area contributed by atoms with E-state index in [1.165, 1.54) is 22.3 Å². The van der Waals surface area contributed by atoms with E-state index >= 15 is 0 Å². The molecule has 1 aliphatic heterocycles. The fourth-order valence-corrected chi connectivity index (χ4v) is 7.15. The standard InChI is InChI=1S/C35H40N4O2S/c1-25-23-42-24-32(25)30-19-31(34(36)40)33(37-20-30)35(13-3-4-14-35)41-22-27-7-11-29(12-8-27)28-9-5-26(6-10-28)21-39-17-15-38(2)16-18-39/h5-12,19-20,23-24H,3-4,13-18,21-22H2,1-2H3,(H2,36,40). The highest BCUT2D eigenvalue weighted by atomic mass is 32.1. The number of likely N-dealkylation sites (N-methyl/N-ethyl adjacent to an activating group) is 1. The molecule has 1 saturated carbocycles. The number of rotatable bonds is 9. The maximum absolute atomic E-state index is 12.6. The van der Waals surface area contributed by atoms with E-state index in [0.717, 1.165) is 75.1 Å². The SMILES string of the molecule is Cc1cscc1-c1cnc(C2(OCc3ccc(-c4ccc(CN5CCN(C)CC5)cc4)cc3)CCCC2)c(C(N)=O)c1. The molecule has 218 valence electrons. The number of aromatic nitrogens is 1. The van der Waals surface area contributed by atoms with Gasteiger partial charge in [0, 0.05) is 44.5 Å². The first-order valence-electron chi connectivity index (χ1n) is 15.0. The van der Waals surface area contributed by atoms with Crippen molar-refractivity contribution in [2.75, 3.05) is 33.2 Å². The number of aryl methyl sites for hydroxylation is 1. The lowest BCUT2D eigenvalue weighted by Gasteiger charge is -2.32. The van der Waals surface area contributed by atoms with Crippen LogP contribution >= 0.6 is 11.3 Å². The Bertz CT molecular complexity index is 1520. The van der Waals surface area contributed by atoms with Crippen molar-refractivity contribution in [1.82, 2.24) is 14.8 Å². The lowest BCUT2D eigenvalue weighted by molar-refractivity contribution is -0.0606. The summed E-state index contributed by atoms with van der Waals surface area (Å²) in [5.41, 5.74) is 14.5. The lowest BCUT2D eigenvalue weighted by Crippen LogP contribution is -2.43. The molecule has 2 fully saturated rings. The number of carbonyl (C=O) groups excluding carboxylic acids is 1. The van der Waals surface area contributed by atoms with Crippen LogP contribution in [0.25, 0.3) is 22.3 Å². The van der Waals surface area contributed by atoms with Gasteiger partial charge >= 0.3 is 0 Å². The van der Waals surface area contributed by atoms with Crippen LogP contribution in [0.3, 0.4) is 0 Å². The molecule has 4 aromatic rings. The molecule has 0 unspecified atom stereocenters. The summed E-state index contributed by atoms with van der Waals surface area (Å²) in [6.07, 6.45) is 5.60. The van der Waals surface area contributed by atoms with Crippen molar-refractivity contribution >= 4 is 17.2 Å². The summed E-state index contributed by atoms with van der Waals surface area (Å²) < 4.78 is 6.67. The first-order chi connectivity index (χ1) is 20.4. The van der Waals surface area contributed by atoms with Gasteiger partial charge in [-0.2, -0.15) is 11.3 Å². The smallest absolute Gasteiger partial charge is 0.250 e. The van der Waals surface area contributed by atoms with Gasteiger partial charge in [-0.25, -0.2) is 0 Å². The minimum atomic E-state index is -0.606. The fourth-order valence-electron chi connectivity index (χ4n) is 6.30. The predicted octanol–water partition coefficient (Wildman–Crippen LogP) is 6.62. The number of hydrogen-bond donors (Lipinski definition) is 1. The number of ether oxygens (including phenoxy) is 1. The molecule has 6 nitrogen and oxygen atoms in total. The molecule has 1 aliphatic carbocycles. The summed E-state index contributed by atoms with van der Waals surface area (Å²) in [4.78, 5) is 22.4. The minimum Gasteiger partial charge on any atom is -0.366 e. The van der Waals surface area contributed by atoms with Crippen LogP contribution in [0.5, 0.6) is 0 Å². The molecule has 2 N–H and O–H groups in total. The molecule has 0 atom stereocenters. The van der Waals surface area contributed by atoms with Crippen LogP contribution in [0, 0.1) is 6.92 Å². The molecule has 1 saturated heterocycles. The van der Waals surface area contributed by atoms with E-state index in [1.807, 2.05) is 12.3 Å². The van der Waals surface area contributed by atoms with Crippen LogP contribution in [-0.2, 0) is 23.5 Å². The highest BCUT2D eigenvalue weighted by Gasteiger charge is 2.41. The van der Waals surface area contributed by atoms with Crippen molar-refractivity contribution in [2.24, 2.45) is 5.73 Å². The molecule has 2 aromatic carbocycles. The number of thiophene rings is 1. The normalized spacial score (nSPS) is 17.5. The molecule has 3 heterocycles. The van der Waals surface area contributed by atoms with Gasteiger partial charge in [0.15, 0.2) is 0 Å². The Labute approximate surface area is 253 Å². The van der Waals surface area contributed by atoms with Gasteiger partial charge in [0.2, 0.25) is 0 Å². The predicted molar refractivity (Wildman–Crippen MR) is 170 cm³/mol. The third-order valence-electron chi connectivity index (χ3n) is 8.92. The summed E-state index contributed by atoms with van der Waals surface area (Å²) in [5.74, 6) is -0.457. The third kappa shape index (κ3) is 6.20. The second-order valence-corrected chi connectivity index (χ2v) is 12.7. The zero-order valence-corrected chi connectivity index (χ0v) is 25.5. The van der Waals surface area contributed by atoms with Crippen molar-refractivity contribution in [2.45, 2.75) is 51.4 Å².